The minimum absolute atomic E-state index is 0.387. The number of carbonyl (C=O) groups is 1. The molecule has 4 aromatic rings. The molecule has 0 aliphatic carbocycles. The number of benzene rings is 2. The number of aryl methyl sites for hydroxylation is 3. The van der Waals surface area contributed by atoms with Crippen LogP contribution in [0.4, 0.5) is 4.79 Å². The Labute approximate surface area is 228 Å². The summed E-state index contributed by atoms with van der Waals surface area (Å²) < 4.78 is 12.7. The quantitative estimate of drug-likeness (QED) is 0.237. The maximum Gasteiger partial charge on any atom is 0.407 e. The maximum atomic E-state index is 11.7. The van der Waals surface area contributed by atoms with Gasteiger partial charge in [0.05, 0.1) is 35.9 Å². The van der Waals surface area contributed by atoms with Crippen LogP contribution in [0.2, 0.25) is 0 Å². The van der Waals surface area contributed by atoms with Crippen LogP contribution in [0.25, 0.3) is 16.3 Å². The highest BCUT2D eigenvalue weighted by Gasteiger charge is 2.16. The average molecular weight is 534 g/mol. The van der Waals surface area contributed by atoms with Crippen LogP contribution in [0.3, 0.4) is 0 Å². The first kappa shape index (κ1) is 27.3. The number of amides is 1. The molecular formula is C29H35N5O3S. The summed E-state index contributed by atoms with van der Waals surface area (Å²) in [7, 11) is 1.67. The second-order valence-corrected chi connectivity index (χ2v) is 10.9. The van der Waals surface area contributed by atoms with Crippen molar-refractivity contribution in [2.75, 3.05) is 13.7 Å². The van der Waals surface area contributed by atoms with Crippen molar-refractivity contribution >= 4 is 17.4 Å². The van der Waals surface area contributed by atoms with Gasteiger partial charge in [0.1, 0.15) is 16.4 Å². The molecule has 2 heterocycles. The van der Waals surface area contributed by atoms with Crippen molar-refractivity contribution in [3.63, 3.8) is 0 Å². The van der Waals surface area contributed by atoms with E-state index in [0.29, 0.717) is 6.54 Å². The number of rotatable bonds is 11. The molecule has 4 rings (SSSR count). The van der Waals surface area contributed by atoms with Crippen LogP contribution in [0.5, 0.6) is 5.75 Å². The summed E-state index contributed by atoms with van der Waals surface area (Å²) in [5.41, 5.74) is 4.64. The highest BCUT2D eigenvalue weighted by molar-refractivity contribution is 7.13. The number of ether oxygens (including phenoxy) is 2. The van der Waals surface area contributed by atoms with Gasteiger partial charge in [0.2, 0.25) is 0 Å². The molecule has 200 valence electrons. The number of hydrogen-bond acceptors (Lipinski definition) is 7. The van der Waals surface area contributed by atoms with Gasteiger partial charge in [0.15, 0.2) is 0 Å². The largest absolute Gasteiger partial charge is 0.496 e. The minimum atomic E-state index is -0.491. The molecular weight excluding hydrogens is 498 g/mol. The second-order valence-electron chi connectivity index (χ2n) is 10.1. The van der Waals surface area contributed by atoms with Crippen LogP contribution in [-0.4, -0.2) is 45.3 Å². The molecule has 1 N–H and O–H groups in total. The van der Waals surface area contributed by atoms with E-state index in [1.165, 1.54) is 5.56 Å². The monoisotopic (exact) mass is 533 g/mol. The summed E-state index contributed by atoms with van der Waals surface area (Å²) in [5.74, 6) is 0.747. The standard InChI is InChI=1S/C29H35N5O3S/c1-29(2,3)37-28(35)30-17-9-8-12-22-19-34(33-32-22)24-15-16-25(26(18-24)36-4)27-31-23(20-38-27)14-13-21-10-6-5-7-11-21/h5-7,10-11,15-16,18-20H,8-9,12-14,17H2,1-4H3,(H,30,35). The smallest absolute Gasteiger partial charge is 0.407 e. The number of hydrogen-bond donors (Lipinski definition) is 1. The van der Waals surface area contributed by atoms with Crippen LogP contribution in [0, 0.1) is 0 Å². The molecule has 0 saturated carbocycles. The number of nitrogens with zero attached hydrogens (tertiary/aromatic N) is 4. The first-order valence-electron chi connectivity index (χ1n) is 12.9. The molecule has 9 heteroatoms. The van der Waals surface area contributed by atoms with E-state index >= 15 is 0 Å². The molecule has 0 spiro atoms. The van der Waals surface area contributed by atoms with Gasteiger partial charge in [0, 0.05) is 18.0 Å². The molecule has 8 nitrogen and oxygen atoms in total. The number of nitrogens with one attached hydrogen (secondary N) is 1. The maximum absolute atomic E-state index is 11.7. The van der Waals surface area contributed by atoms with Crippen LogP contribution >= 0.6 is 11.3 Å². The number of methoxy groups -OCH3 is 1. The molecule has 0 aliphatic rings. The SMILES string of the molecule is COc1cc(-n2cc(CCCCNC(=O)OC(C)(C)C)nn2)ccc1-c1nc(CCc2ccccc2)cs1. The van der Waals surface area contributed by atoms with E-state index in [4.69, 9.17) is 14.5 Å². The number of carbonyl (C=O) groups excluding carboxylic acids is 1. The van der Waals surface area contributed by atoms with Gasteiger partial charge < -0.3 is 14.8 Å². The second kappa shape index (κ2) is 12.7. The van der Waals surface area contributed by atoms with Crippen molar-refractivity contribution < 1.29 is 14.3 Å². The molecule has 0 atom stereocenters. The normalized spacial score (nSPS) is 11.4. The molecule has 0 radical (unpaired) electrons. The number of aromatic nitrogens is 4. The molecule has 1 amide bonds. The van der Waals surface area contributed by atoms with E-state index in [0.717, 1.165) is 65.5 Å². The minimum Gasteiger partial charge on any atom is -0.496 e. The van der Waals surface area contributed by atoms with Crippen molar-refractivity contribution in [2.45, 2.75) is 58.5 Å². The Morgan fingerprint density at radius 2 is 1.84 bits per heavy atom. The third-order valence-electron chi connectivity index (χ3n) is 5.81. The summed E-state index contributed by atoms with van der Waals surface area (Å²) in [4.78, 5) is 16.6. The fourth-order valence-electron chi connectivity index (χ4n) is 3.94. The Hall–Kier alpha value is -3.72. The van der Waals surface area contributed by atoms with E-state index in [1.54, 1.807) is 23.1 Å². The molecule has 2 aromatic heterocycles. The third kappa shape index (κ3) is 7.89. The Morgan fingerprint density at radius 3 is 2.61 bits per heavy atom. The van der Waals surface area contributed by atoms with Crippen molar-refractivity contribution in [3.8, 4) is 22.0 Å². The zero-order valence-corrected chi connectivity index (χ0v) is 23.3. The lowest BCUT2D eigenvalue weighted by Crippen LogP contribution is -2.33. The van der Waals surface area contributed by atoms with Crippen LogP contribution in [-0.2, 0) is 24.0 Å². The van der Waals surface area contributed by atoms with Gasteiger partial charge in [-0.1, -0.05) is 35.5 Å². The number of alkyl carbamates (subject to hydrolysis) is 1. The van der Waals surface area contributed by atoms with Gasteiger partial charge in [-0.15, -0.1) is 16.4 Å². The number of unbranched alkanes of at least 4 members (excludes halogenated alkanes) is 1. The number of thiazole rings is 1. The average Bonchev–Trinajstić information content (AvgIpc) is 3.56. The van der Waals surface area contributed by atoms with Crippen molar-refractivity contribution in [3.05, 3.63) is 77.1 Å². The van der Waals surface area contributed by atoms with Crippen LogP contribution < -0.4 is 10.1 Å². The van der Waals surface area contributed by atoms with E-state index in [2.05, 4.69) is 45.3 Å². The van der Waals surface area contributed by atoms with Gasteiger partial charge in [-0.2, -0.15) is 0 Å². The Balaban J connectivity index is 1.31. The summed E-state index contributed by atoms with van der Waals surface area (Å²) in [6, 6.07) is 16.5. The first-order chi connectivity index (χ1) is 18.3. The topological polar surface area (TPSA) is 91.2 Å². The van der Waals surface area contributed by atoms with Crippen molar-refractivity contribution in [1.82, 2.24) is 25.3 Å². The zero-order chi connectivity index (χ0) is 27.0. The van der Waals surface area contributed by atoms with Gasteiger partial charge in [0.25, 0.3) is 0 Å². The molecule has 0 aliphatic heterocycles. The molecule has 0 saturated heterocycles. The highest BCUT2D eigenvalue weighted by Crippen LogP contribution is 2.34. The Bertz CT molecular complexity index is 1330. The predicted molar refractivity (Wildman–Crippen MR) is 150 cm³/mol. The van der Waals surface area contributed by atoms with Gasteiger partial charge in [-0.25, -0.2) is 14.5 Å². The predicted octanol–water partition coefficient (Wildman–Crippen LogP) is 6.03. The molecule has 2 aromatic carbocycles. The molecule has 0 unspecified atom stereocenters. The van der Waals surface area contributed by atoms with Crippen molar-refractivity contribution in [1.29, 1.82) is 0 Å². The van der Waals surface area contributed by atoms with E-state index in [-0.39, 0.29) is 6.09 Å². The molecule has 0 fully saturated rings. The lowest BCUT2D eigenvalue weighted by Gasteiger charge is -2.19. The first-order valence-corrected chi connectivity index (χ1v) is 13.7. The summed E-state index contributed by atoms with van der Waals surface area (Å²) in [6.07, 6.45) is 5.90. The Morgan fingerprint density at radius 1 is 1.03 bits per heavy atom. The zero-order valence-electron chi connectivity index (χ0n) is 22.4. The van der Waals surface area contributed by atoms with Crippen LogP contribution in [0.15, 0.2) is 60.1 Å². The van der Waals surface area contributed by atoms with E-state index < -0.39 is 5.60 Å². The Kier molecular flexibility index (Phi) is 9.12. The van der Waals surface area contributed by atoms with Gasteiger partial charge in [-0.05, 0) is 70.6 Å². The van der Waals surface area contributed by atoms with Gasteiger partial charge in [-0.3, -0.25) is 0 Å². The van der Waals surface area contributed by atoms with Crippen LogP contribution in [0.1, 0.15) is 50.6 Å². The summed E-state index contributed by atoms with van der Waals surface area (Å²) in [5, 5.41) is 14.5. The fraction of sp³-hybridized carbons (Fsp3) is 0.379. The highest BCUT2D eigenvalue weighted by atomic mass is 32.1. The van der Waals surface area contributed by atoms with Gasteiger partial charge >= 0.3 is 6.09 Å². The lowest BCUT2D eigenvalue weighted by molar-refractivity contribution is 0.0527. The third-order valence-corrected chi connectivity index (χ3v) is 6.74. The fourth-order valence-corrected chi connectivity index (χ4v) is 4.82. The van der Waals surface area contributed by atoms with E-state index in [1.807, 2.05) is 51.2 Å². The van der Waals surface area contributed by atoms with Crippen molar-refractivity contribution in [2.24, 2.45) is 0 Å². The lowest BCUT2D eigenvalue weighted by atomic mass is 10.1. The molecule has 0 bridgehead atoms. The summed E-state index contributed by atoms with van der Waals surface area (Å²) in [6.45, 7) is 6.11. The molecule has 38 heavy (non-hydrogen) atoms. The van der Waals surface area contributed by atoms with E-state index in [9.17, 15) is 4.79 Å². The summed E-state index contributed by atoms with van der Waals surface area (Å²) >= 11 is 1.63.